The zero-order valence-electron chi connectivity index (χ0n) is 10.7. The number of hydrogen-bond acceptors (Lipinski definition) is 3. The van der Waals surface area contributed by atoms with Gasteiger partial charge < -0.3 is 15.7 Å². The zero-order valence-corrected chi connectivity index (χ0v) is 11.6. The van der Waals surface area contributed by atoms with Crippen molar-refractivity contribution < 1.29 is 9.90 Å². The number of hydrogen-bond donors (Lipinski definition) is 3. The van der Waals surface area contributed by atoms with Crippen LogP contribution in [0.5, 0.6) is 0 Å². The second-order valence-corrected chi connectivity index (χ2v) is 4.74. The van der Waals surface area contributed by atoms with Gasteiger partial charge in [0.15, 0.2) is 0 Å². The van der Waals surface area contributed by atoms with Crippen LogP contribution in [0.25, 0.3) is 0 Å². The van der Waals surface area contributed by atoms with Crippen LogP contribution in [0.4, 0.5) is 0 Å². The van der Waals surface area contributed by atoms with Crippen LogP contribution in [0.1, 0.15) is 33.1 Å². The van der Waals surface area contributed by atoms with Crippen molar-refractivity contribution in [3.63, 3.8) is 0 Å². The Labute approximate surface area is 110 Å². The summed E-state index contributed by atoms with van der Waals surface area (Å²) >= 11 is 0. The summed E-state index contributed by atoms with van der Waals surface area (Å²) in [5.74, 6) is 0.400. The third kappa shape index (κ3) is 5.70. The molecule has 0 saturated carbocycles. The lowest BCUT2D eigenvalue weighted by Gasteiger charge is -2.23. The minimum absolute atomic E-state index is 0. The summed E-state index contributed by atoms with van der Waals surface area (Å²) in [6, 6.07) is 0. The smallest absolute Gasteiger partial charge is 0.224 e. The number of rotatable bonds is 5. The number of aliphatic hydroxyl groups is 1. The van der Waals surface area contributed by atoms with Gasteiger partial charge in [-0.15, -0.1) is 12.4 Å². The van der Waals surface area contributed by atoms with Gasteiger partial charge in [-0.05, 0) is 25.3 Å². The molecule has 0 spiro atoms. The third-order valence-corrected chi connectivity index (χ3v) is 3.45. The molecule has 1 rings (SSSR count). The molecule has 5 heteroatoms. The summed E-state index contributed by atoms with van der Waals surface area (Å²) in [5, 5.41) is 15.8. The van der Waals surface area contributed by atoms with Crippen molar-refractivity contribution in [2.75, 3.05) is 19.6 Å². The molecule has 0 bridgehead atoms. The van der Waals surface area contributed by atoms with E-state index in [1.807, 2.05) is 13.8 Å². The Bertz CT molecular complexity index is 221. The number of nitrogens with one attached hydrogen (secondary N) is 2. The van der Waals surface area contributed by atoms with Gasteiger partial charge in [-0.2, -0.15) is 0 Å². The first-order valence-electron chi connectivity index (χ1n) is 6.31. The van der Waals surface area contributed by atoms with Gasteiger partial charge in [0.05, 0.1) is 12.0 Å². The summed E-state index contributed by atoms with van der Waals surface area (Å²) < 4.78 is 0. The minimum atomic E-state index is -0.425. The van der Waals surface area contributed by atoms with Crippen molar-refractivity contribution in [3.05, 3.63) is 0 Å². The second-order valence-electron chi connectivity index (χ2n) is 4.74. The monoisotopic (exact) mass is 264 g/mol. The molecule has 1 aliphatic rings. The molecule has 1 aliphatic heterocycles. The highest BCUT2D eigenvalue weighted by atomic mass is 35.5. The number of carbonyl (C=O) groups excluding carboxylic acids is 1. The first kappa shape index (κ1) is 16.7. The minimum Gasteiger partial charge on any atom is -0.391 e. The molecule has 0 aliphatic carbocycles. The van der Waals surface area contributed by atoms with Crippen LogP contribution in [0.2, 0.25) is 0 Å². The molecule has 1 heterocycles. The standard InChI is InChI=1S/C12H24N2O2.ClH/c1-3-9(2)11(15)8-14-12(16)10-5-4-6-13-7-10;/h9-11,13,15H,3-8H2,1-2H3,(H,14,16);1H. The molecular formula is C12H25ClN2O2. The molecule has 1 fully saturated rings. The highest BCUT2D eigenvalue weighted by Crippen LogP contribution is 2.10. The first-order valence-corrected chi connectivity index (χ1v) is 6.31. The van der Waals surface area contributed by atoms with Crippen LogP contribution in [0, 0.1) is 11.8 Å². The Balaban J connectivity index is 0.00000256. The van der Waals surface area contributed by atoms with Crippen LogP contribution < -0.4 is 10.6 Å². The van der Waals surface area contributed by atoms with Crippen molar-refractivity contribution in [3.8, 4) is 0 Å². The molecule has 1 saturated heterocycles. The van der Waals surface area contributed by atoms with E-state index in [9.17, 15) is 9.90 Å². The average molecular weight is 265 g/mol. The molecule has 0 aromatic rings. The summed E-state index contributed by atoms with van der Waals surface area (Å²) in [6.07, 6.45) is 2.53. The Morgan fingerprint density at radius 1 is 1.59 bits per heavy atom. The lowest BCUT2D eigenvalue weighted by atomic mass is 9.98. The third-order valence-electron chi connectivity index (χ3n) is 3.45. The van der Waals surface area contributed by atoms with Crippen LogP contribution in [-0.2, 0) is 4.79 Å². The number of halogens is 1. The summed E-state index contributed by atoms with van der Waals surface area (Å²) in [7, 11) is 0. The molecule has 3 unspecified atom stereocenters. The SMILES string of the molecule is CCC(C)C(O)CNC(=O)C1CCCNC1.Cl. The van der Waals surface area contributed by atoms with Gasteiger partial charge in [0.2, 0.25) is 5.91 Å². The summed E-state index contributed by atoms with van der Waals surface area (Å²) in [4.78, 5) is 11.8. The van der Waals surface area contributed by atoms with Crippen molar-refractivity contribution in [1.29, 1.82) is 0 Å². The van der Waals surface area contributed by atoms with Gasteiger partial charge in [0.1, 0.15) is 0 Å². The van der Waals surface area contributed by atoms with Gasteiger partial charge in [-0.1, -0.05) is 20.3 Å². The van der Waals surface area contributed by atoms with E-state index in [1.54, 1.807) is 0 Å². The molecule has 0 aromatic heterocycles. The molecule has 3 N–H and O–H groups in total. The maximum atomic E-state index is 11.8. The predicted octanol–water partition coefficient (Wildman–Crippen LogP) is 0.931. The average Bonchev–Trinajstić information content (AvgIpc) is 2.35. The second kappa shape index (κ2) is 8.72. The fraction of sp³-hybridized carbons (Fsp3) is 0.917. The van der Waals surface area contributed by atoms with Crippen molar-refractivity contribution in [2.24, 2.45) is 11.8 Å². The summed E-state index contributed by atoms with van der Waals surface area (Å²) in [6.45, 7) is 6.20. The van der Waals surface area contributed by atoms with Gasteiger partial charge >= 0.3 is 0 Å². The quantitative estimate of drug-likeness (QED) is 0.692. The number of carbonyl (C=O) groups is 1. The topological polar surface area (TPSA) is 61.4 Å². The largest absolute Gasteiger partial charge is 0.391 e. The van der Waals surface area contributed by atoms with E-state index in [0.29, 0.717) is 6.54 Å². The van der Waals surface area contributed by atoms with Crippen LogP contribution in [-0.4, -0.2) is 36.8 Å². The van der Waals surface area contributed by atoms with Gasteiger partial charge in [-0.3, -0.25) is 4.79 Å². The van der Waals surface area contributed by atoms with Crippen molar-refractivity contribution in [1.82, 2.24) is 10.6 Å². The van der Waals surface area contributed by atoms with E-state index in [2.05, 4.69) is 10.6 Å². The normalized spacial score (nSPS) is 23.4. The molecule has 3 atom stereocenters. The van der Waals surface area contributed by atoms with E-state index in [0.717, 1.165) is 32.4 Å². The predicted molar refractivity (Wildman–Crippen MR) is 71.3 cm³/mol. The summed E-state index contributed by atoms with van der Waals surface area (Å²) in [5.41, 5.74) is 0. The Morgan fingerprint density at radius 3 is 2.82 bits per heavy atom. The van der Waals surface area contributed by atoms with Crippen LogP contribution in [0.15, 0.2) is 0 Å². The fourth-order valence-corrected chi connectivity index (χ4v) is 1.90. The molecular weight excluding hydrogens is 240 g/mol. The maximum absolute atomic E-state index is 11.8. The molecule has 17 heavy (non-hydrogen) atoms. The van der Waals surface area contributed by atoms with Crippen molar-refractivity contribution >= 4 is 18.3 Å². The Hall–Kier alpha value is -0.320. The van der Waals surface area contributed by atoms with Crippen molar-refractivity contribution in [2.45, 2.75) is 39.2 Å². The fourth-order valence-electron chi connectivity index (χ4n) is 1.90. The van der Waals surface area contributed by atoms with Gasteiger partial charge in [0.25, 0.3) is 0 Å². The Morgan fingerprint density at radius 2 is 2.29 bits per heavy atom. The van der Waals surface area contributed by atoms with E-state index < -0.39 is 6.10 Å². The molecule has 4 nitrogen and oxygen atoms in total. The maximum Gasteiger partial charge on any atom is 0.224 e. The first-order chi connectivity index (χ1) is 7.65. The van der Waals surface area contributed by atoms with Crippen LogP contribution in [0.3, 0.4) is 0 Å². The highest BCUT2D eigenvalue weighted by Gasteiger charge is 2.21. The van der Waals surface area contributed by atoms with Gasteiger partial charge in [-0.25, -0.2) is 0 Å². The number of aliphatic hydroxyl groups excluding tert-OH is 1. The lowest BCUT2D eigenvalue weighted by molar-refractivity contribution is -0.126. The van der Waals surface area contributed by atoms with E-state index >= 15 is 0 Å². The molecule has 102 valence electrons. The number of amides is 1. The van der Waals surface area contributed by atoms with E-state index in [1.165, 1.54) is 0 Å². The molecule has 0 aromatic carbocycles. The molecule has 1 amide bonds. The highest BCUT2D eigenvalue weighted by molar-refractivity contribution is 5.85. The zero-order chi connectivity index (χ0) is 12.0. The van der Waals surface area contributed by atoms with Crippen LogP contribution >= 0.6 is 12.4 Å². The number of piperidine rings is 1. The Kier molecular flexibility index (Phi) is 8.56. The van der Waals surface area contributed by atoms with Gasteiger partial charge in [0, 0.05) is 13.1 Å². The molecule has 0 radical (unpaired) electrons. The van der Waals surface area contributed by atoms with E-state index in [-0.39, 0.29) is 30.2 Å². The van der Waals surface area contributed by atoms with E-state index in [4.69, 9.17) is 0 Å². The lowest BCUT2D eigenvalue weighted by Crippen LogP contribution is -2.43.